The lowest BCUT2D eigenvalue weighted by Gasteiger charge is -2.17. The molecular weight excluding hydrogens is 361 g/mol. The summed E-state index contributed by atoms with van der Waals surface area (Å²) >= 11 is 0. The van der Waals surface area contributed by atoms with Crippen LogP contribution in [0, 0.1) is 5.82 Å². The van der Waals surface area contributed by atoms with E-state index in [0.717, 1.165) is 42.7 Å². The fourth-order valence-electron chi connectivity index (χ4n) is 3.72. The molecule has 6 nitrogen and oxygen atoms in total. The maximum Gasteiger partial charge on any atom is 0.355 e. The lowest BCUT2D eigenvalue weighted by molar-refractivity contribution is -0.130. The van der Waals surface area contributed by atoms with E-state index in [4.69, 9.17) is 4.74 Å². The molecule has 1 aliphatic rings. The number of aromatic nitrogens is 2. The number of nitrogens with zero attached hydrogens (tertiary/aromatic N) is 3. The normalized spacial score (nSPS) is 14.0. The highest BCUT2D eigenvalue weighted by Crippen LogP contribution is 2.26. The minimum Gasteiger partial charge on any atom is -0.461 e. The summed E-state index contributed by atoms with van der Waals surface area (Å²) in [5.41, 5.74) is 2.65. The van der Waals surface area contributed by atoms with Gasteiger partial charge in [0.2, 0.25) is 5.91 Å². The molecule has 7 heteroatoms. The SMILES string of the molecule is CCOC(=O)c1cc2c(ccn2-c2ccc(F)cc2)n1CC(=O)N1CCCC1. The molecule has 0 aliphatic carbocycles. The molecule has 4 rings (SSSR count). The molecule has 1 aliphatic heterocycles. The Morgan fingerprint density at radius 3 is 2.46 bits per heavy atom. The molecule has 1 fully saturated rings. The van der Waals surface area contributed by atoms with Crippen LogP contribution < -0.4 is 0 Å². The fraction of sp³-hybridized carbons (Fsp3) is 0.333. The number of benzene rings is 1. The number of rotatable bonds is 5. The molecule has 1 amide bonds. The van der Waals surface area contributed by atoms with E-state index in [1.54, 1.807) is 29.7 Å². The van der Waals surface area contributed by atoms with Crippen LogP contribution in [-0.2, 0) is 16.1 Å². The summed E-state index contributed by atoms with van der Waals surface area (Å²) in [6.45, 7) is 3.61. The van der Waals surface area contributed by atoms with Crippen molar-refractivity contribution in [2.45, 2.75) is 26.3 Å². The molecule has 0 atom stereocenters. The van der Waals surface area contributed by atoms with Crippen LogP contribution in [0.5, 0.6) is 0 Å². The highest BCUT2D eigenvalue weighted by molar-refractivity contribution is 5.96. The minimum absolute atomic E-state index is 0.00455. The smallest absolute Gasteiger partial charge is 0.355 e. The van der Waals surface area contributed by atoms with Gasteiger partial charge >= 0.3 is 5.97 Å². The molecule has 0 unspecified atom stereocenters. The Morgan fingerprint density at radius 1 is 1.07 bits per heavy atom. The first kappa shape index (κ1) is 18.3. The summed E-state index contributed by atoms with van der Waals surface area (Å²) in [5, 5.41) is 0. The van der Waals surface area contributed by atoms with Gasteiger partial charge in [-0.2, -0.15) is 0 Å². The molecule has 146 valence electrons. The Bertz CT molecular complexity index is 1010. The zero-order valence-electron chi connectivity index (χ0n) is 15.7. The fourth-order valence-corrected chi connectivity index (χ4v) is 3.72. The van der Waals surface area contributed by atoms with Gasteiger partial charge in [0.05, 0.1) is 17.6 Å². The standard InChI is InChI=1S/C21H22FN3O3/c1-2-28-21(27)19-13-18-17(25(19)14-20(26)23-10-3-4-11-23)9-12-24(18)16-7-5-15(22)6-8-16/h5-9,12-13H,2-4,10-11,14H2,1H3. The zero-order valence-corrected chi connectivity index (χ0v) is 15.7. The number of hydrogen-bond acceptors (Lipinski definition) is 3. The maximum atomic E-state index is 13.3. The molecule has 3 aromatic rings. The predicted octanol–water partition coefficient (Wildman–Crippen LogP) is 3.37. The van der Waals surface area contributed by atoms with E-state index in [1.165, 1.54) is 12.1 Å². The number of likely N-dealkylation sites (tertiary alicyclic amines) is 1. The van der Waals surface area contributed by atoms with E-state index < -0.39 is 5.97 Å². The molecule has 28 heavy (non-hydrogen) atoms. The van der Waals surface area contributed by atoms with Crippen LogP contribution in [0.15, 0.2) is 42.6 Å². The minimum atomic E-state index is -0.460. The van der Waals surface area contributed by atoms with Gasteiger partial charge in [-0.3, -0.25) is 4.79 Å². The first-order chi connectivity index (χ1) is 13.6. The van der Waals surface area contributed by atoms with Crippen LogP contribution >= 0.6 is 0 Å². The summed E-state index contributed by atoms with van der Waals surface area (Å²) in [7, 11) is 0. The van der Waals surface area contributed by atoms with Crippen molar-refractivity contribution in [1.82, 2.24) is 14.0 Å². The van der Waals surface area contributed by atoms with Crippen molar-refractivity contribution in [3.05, 3.63) is 54.1 Å². The summed E-state index contributed by atoms with van der Waals surface area (Å²) in [6.07, 6.45) is 3.88. The third-order valence-electron chi connectivity index (χ3n) is 5.10. The van der Waals surface area contributed by atoms with E-state index in [2.05, 4.69) is 0 Å². The van der Waals surface area contributed by atoms with E-state index in [9.17, 15) is 14.0 Å². The Morgan fingerprint density at radius 2 is 1.79 bits per heavy atom. The topological polar surface area (TPSA) is 56.5 Å². The lowest BCUT2D eigenvalue weighted by Crippen LogP contribution is -2.31. The van der Waals surface area contributed by atoms with Gasteiger partial charge in [-0.25, -0.2) is 9.18 Å². The monoisotopic (exact) mass is 383 g/mol. The van der Waals surface area contributed by atoms with Crippen LogP contribution in [0.4, 0.5) is 4.39 Å². The third-order valence-corrected chi connectivity index (χ3v) is 5.10. The third kappa shape index (κ3) is 3.28. The molecule has 2 aromatic heterocycles. The first-order valence-electron chi connectivity index (χ1n) is 9.50. The number of carbonyl (C=O) groups excluding carboxylic acids is 2. The Hall–Kier alpha value is -3.09. The molecule has 0 N–H and O–H groups in total. The van der Waals surface area contributed by atoms with E-state index in [-0.39, 0.29) is 24.9 Å². The molecule has 1 saturated heterocycles. The van der Waals surface area contributed by atoms with Gasteiger partial charge in [-0.05, 0) is 56.2 Å². The van der Waals surface area contributed by atoms with Gasteiger partial charge in [-0.1, -0.05) is 0 Å². The van der Waals surface area contributed by atoms with Crippen LogP contribution in [0.3, 0.4) is 0 Å². The van der Waals surface area contributed by atoms with E-state index in [0.29, 0.717) is 5.69 Å². The Kier molecular flexibility index (Phi) is 4.90. The molecule has 0 spiro atoms. The predicted molar refractivity (Wildman–Crippen MR) is 103 cm³/mol. The zero-order chi connectivity index (χ0) is 19.7. The van der Waals surface area contributed by atoms with E-state index >= 15 is 0 Å². The highest BCUT2D eigenvalue weighted by atomic mass is 19.1. The molecular formula is C21H22FN3O3. The summed E-state index contributed by atoms with van der Waals surface area (Å²) < 4.78 is 22.1. The van der Waals surface area contributed by atoms with Crippen LogP contribution in [-0.4, -0.2) is 45.6 Å². The Balaban J connectivity index is 1.77. The van der Waals surface area contributed by atoms with Crippen molar-refractivity contribution in [3.63, 3.8) is 0 Å². The number of esters is 1. The van der Waals surface area contributed by atoms with Gasteiger partial charge in [0.1, 0.15) is 18.1 Å². The van der Waals surface area contributed by atoms with Crippen LogP contribution in [0.1, 0.15) is 30.3 Å². The average Bonchev–Trinajstić information content (AvgIpc) is 3.40. The van der Waals surface area contributed by atoms with E-state index in [1.807, 2.05) is 21.7 Å². The van der Waals surface area contributed by atoms with Crippen molar-refractivity contribution in [3.8, 4) is 5.69 Å². The van der Waals surface area contributed by atoms with Crippen LogP contribution in [0.25, 0.3) is 16.7 Å². The van der Waals surface area contributed by atoms with Crippen molar-refractivity contribution in [1.29, 1.82) is 0 Å². The molecule has 0 bridgehead atoms. The number of halogens is 1. The second-order valence-electron chi connectivity index (χ2n) is 6.86. The summed E-state index contributed by atoms with van der Waals surface area (Å²) in [4.78, 5) is 27.0. The van der Waals surface area contributed by atoms with Gasteiger partial charge in [0.15, 0.2) is 0 Å². The van der Waals surface area contributed by atoms with Gasteiger partial charge < -0.3 is 18.8 Å². The van der Waals surface area contributed by atoms with Crippen molar-refractivity contribution in [2.75, 3.05) is 19.7 Å². The number of amides is 1. The number of carbonyl (C=O) groups is 2. The summed E-state index contributed by atoms with van der Waals surface area (Å²) in [5.74, 6) is -0.776. The highest BCUT2D eigenvalue weighted by Gasteiger charge is 2.24. The van der Waals surface area contributed by atoms with Crippen LogP contribution in [0.2, 0.25) is 0 Å². The molecule has 0 saturated carbocycles. The molecule has 1 aromatic carbocycles. The second kappa shape index (κ2) is 7.50. The molecule has 3 heterocycles. The van der Waals surface area contributed by atoms with Crippen molar-refractivity contribution < 1.29 is 18.7 Å². The van der Waals surface area contributed by atoms with Gasteiger partial charge in [-0.15, -0.1) is 0 Å². The van der Waals surface area contributed by atoms with Gasteiger partial charge in [0.25, 0.3) is 0 Å². The largest absolute Gasteiger partial charge is 0.461 e. The number of hydrogen-bond donors (Lipinski definition) is 0. The average molecular weight is 383 g/mol. The van der Waals surface area contributed by atoms with Crippen molar-refractivity contribution >= 4 is 22.9 Å². The molecule has 0 radical (unpaired) electrons. The quantitative estimate of drug-likeness (QED) is 0.635. The van der Waals surface area contributed by atoms with Gasteiger partial charge in [0, 0.05) is 25.0 Å². The summed E-state index contributed by atoms with van der Waals surface area (Å²) in [6, 6.07) is 9.71. The second-order valence-corrected chi connectivity index (χ2v) is 6.86. The maximum absolute atomic E-state index is 13.3. The van der Waals surface area contributed by atoms with Crippen molar-refractivity contribution in [2.24, 2.45) is 0 Å². The number of ether oxygens (including phenoxy) is 1. The lowest BCUT2D eigenvalue weighted by atomic mass is 10.3. The first-order valence-corrected chi connectivity index (χ1v) is 9.50. The number of fused-ring (bicyclic) bond motifs is 1. The Labute approximate surface area is 162 Å².